The van der Waals surface area contributed by atoms with Gasteiger partial charge in [-0.25, -0.2) is 4.98 Å². The molecule has 18 heavy (non-hydrogen) atoms. The van der Waals surface area contributed by atoms with Gasteiger partial charge in [-0.15, -0.1) is 0 Å². The molecular formula is C13H12N4O. The van der Waals surface area contributed by atoms with Crippen LogP contribution in [0.15, 0.2) is 36.8 Å². The molecule has 5 heteroatoms. The van der Waals surface area contributed by atoms with E-state index in [0.29, 0.717) is 11.3 Å². The Balaban J connectivity index is 2.26. The predicted octanol–water partition coefficient (Wildman–Crippen LogP) is 1.57. The van der Waals surface area contributed by atoms with Gasteiger partial charge >= 0.3 is 0 Å². The van der Waals surface area contributed by atoms with Gasteiger partial charge in [-0.2, -0.15) is 5.26 Å². The summed E-state index contributed by atoms with van der Waals surface area (Å²) < 4.78 is 1.67. The van der Waals surface area contributed by atoms with Crippen molar-refractivity contribution in [3.8, 4) is 6.07 Å². The molecule has 0 spiro atoms. The Hall–Kier alpha value is -2.61. The van der Waals surface area contributed by atoms with E-state index in [2.05, 4.69) is 4.98 Å². The number of rotatable bonds is 2. The minimum absolute atomic E-state index is 0.139. The maximum atomic E-state index is 12.2. The Labute approximate surface area is 105 Å². The molecule has 0 N–H and O–H groups in total. The van der Waals surface area contributed by atoms with Crippen LogP contribution in [0.25, 0.3) is 0 Å². The number of benzene rings is 1. The zero-order valence-electron chi connectivity index (χ0n) is 10.2. The van der Waals surface area contributed by atoms with Crippen LogP contribution in [0.4, 0.5) is 5.69 Å². The standard InChI is InChI=1S/C13H12N4O/c1-16-9-15-8-12(16)13(18)17(2)11-5-3-10(7-14)4-6-11/h3-6,8-9H,1-2H3. The average molecular weight is 240 g/mol. The summed E-state index contributed by atoms with van der Waals surface area (Å²) in [6, 6.07) is 8.89. The number of carbonyl (C=O) groups is 1. The van der Waals surface area contributed by atoms with Gasteiger partial charge in [0.1, 0.15) is 5.69 Å². The summed E-state index contributed by atoms with van der Waals surface area (Å²) in [5, 5.41) is 8.72. The third kappa shape index (κ3) is 2.09. The number of aryl methyl sites for hydroxylation is 1. The molecule has 0 aliphatic heterocycles. The van der Waals surface area contributed by atoms with E-state index in [4.69, 9.17) is 5.26 Å². The molecule has 0 radical (unpaired) electrons. The van der Waals surface area contributed by atoms with Crippen molar-refractivity contribution in [3.05, 3.63) is 48.0 Å². The highest BCUT2D eigenvalue weighted by Crippen LogP contribution is 2.15. The number of nitrogens with zero attached hydrogens (tertiary/aromatic N) is 4. The van der Waals surface area contributed by atoms with E-state index < -0.39 is 0 Å². The monoisotopic (exact) mass is 240 g/mol. The van der Waals surface area contributed by atoms with E-state index in [1.807, 2.05) is 6.07 Å². The van der Waals surface area contributed by atoms with E-state index in [1.165, 1.54) is 11.1 Å². The first-order valence-electron chi connectivity index (χ1n) is 5.38. The first-order chi connectivity index (χ1) is 8.63. The Bertz CT molecular complexity index is 607. The number of carbonyl (C=O) groups excluding carboxylic acids is 1. The number of anilines is 1. The van der Waals surface area contributed by atoms with Gasteiger partial charge < -0.3 is 9.47 Å². The second kappa shape index (κ2) is 4.72. The zero-order valence-corrected chi connectivity index (χ0v) is 10.2. The highest BCUT2D eigenvalue weighted by molar-refractivity contribution is 6.04. The topological polar surface area (TPSA) is 61.9 Å². The normalized spacial score (nSPS) is 9.83. The Kier molecular flexibility index (Phi) is 3.11. The van der Waals surface area contributed by atoms with Crippen LogP contribution in [-0.4, -0.2) is 22.5 Å². The van der Waals surface area contributed by atoms with Gasteiger partial charge in [0.15, 0.2) is 0 Å². The maximum Gasteiger partial charge on any atom is 0.276 e. The molecule has 1 aromatic carbocycles. The van der Waals surface area contributed by atoms with Gasteiger partial charge in [0.2, 0.25) is 0 Å². The molecule has 0 saturated carbocycles. The third-order valence-corrected chi connectivity index (χ3v) is 2.72. The van der Waals surface area contributed by atoms with Crippen LogP contribution >= 0.6 is 0 Å². The lowest BCUT2D eigenvalue weighted by Gasteiger charge is -2.17. The van der Waals surface area contributed by atoms with E-state index in [0.717, 1.165) is 5.69 Å². The summed E-state index contributed by atoms with van der Waals surface area (Å²) in [5.41, 5.74) is 1.82. The van der Waals surface area contributed by atoms with Gasteiger partial charge in [-0.05, 0) is 24.3 Å². The smallest absolute Gasteiger partial charge is 0.276 e. The molecule has 0 aliphatic carbocycles. The van der Waals surface area contributed by atoms with E-state index in [1.54, 1.807) is 49.3 Å². The maximum absolute atomic E-state index is 12.2. The van der Waals surface area contributed by atoms with Crippen LogP contribution in [0.5, 0.6) is 0 Å². The second-order valence-corrected chi connectivity index (χ2v) is 3.91. The summed E-state index contributed by atoms with van der Waals surface area (Å²) in [5.74, 6) is -0.139. The quantitative estimate of drug-likeness (QED) is 0.800. The number of imidazole rings is 1. The molecule has 0 bridgehead atoms. The summed E-state index contributed by atoms with van der Waals surface area (Å²) >= 11 is 0. The fraction of sp³-hybridized carbons (Fsp3) is 0.154. The Morgan fingerprint density at radius 3 is 2.56 bits per heavy atom. The van der Waals surface area contributed by atoms with Crippen LogP contribution in [-0.2, 0) is 7.05 Å². The van der Waals surface area contributed by atoms with E-state index in [-0.39, 0.29) is 5.91 Å². The minimum Gasteiger partial charge on any atom is -0.330 e. The summed E-state index contributed by atoms with van der Waals surface area (Å²) in [7, 11) is 3.46. The molecule has 1 aromatic heterocycles. The fourth-order valence-electron chi connectivity index (χ4n) is 1.61. The number of hydrogen-bond donors (Lipinski definition) is 0. The lowest BCUT2D eigenvalue weighted by atomic mass is 10.2. The fourth-order valence-corrected chi connectivity index (χ4v) is 1.61. The molecule has 0 saturated heterocycles. The van der Waals surface area contributed by atoms with Crippen LogP contribution in [0, 0.1) is 11.3 Å². The zero-order chi connectivity index (χ0) is 13.1. The molecule has 5 nitrogen and oxygen atoms in total. The van der Waals surface area contributed by atoms with Crippen molar-refractivity contribution in [2.75, 3.05) is 11.9 Å². The molecule has 1 heterocycles. The number of aromatic nitrogens is 2. The lowest BCUT2D eigenvalue weighted by Crippen LogP contribution is -2.27. The lowest BCUT2D eigenvalue weighted by molar-refractivity contribution is 0.0985. The highest BCUT2D eigenvalue weighted by Gasteiger charge is 2.16. The molecule has 0 fully saturated rings. The van der Waals surface area contributed by atoms with Crippen molar-refractivity contribution < 1.29 is 4.79 Å². The summed E-state index contributed by atoms with van der Waals surface area (Å²) in [6.45, 7) is 0. The first-order valence-corrected chi connectivity index (χ1v) is 5.38. The van der Waals surface area contributed by atoms with Crippen LogP contribution in [0.2, 0.25) is 0 Å². The first kappa shape index (κ1) is 11.9. The van der Waals surface area contributed by atoms with Crippen LogP contribution in [0.3, 0.4) is 0 Å². The Morgan fingerprint density at radius 1 is 1.39 bits per heavy atom. The molecule has 2 rings (SSSR count). The SMILES string of the molecule is CN(C(=O)c1cncn1C)c1ccc(C#N)cc1. The molecule has 0 unspecified atom stereocenters. The minimum atomic E-state index is -0.139. The van der Waals surface area contributed by atoms with Crippen molar-refractivity contribution in [1.82, 2.24) is 9.55 Å². The van der Waals surface area contributed by atoms with Crippen molar-refractivity contribution in [2.24, 2.45) is 7.05 Å². The highest BCUT2D eigenvalue weighted by atomic mass is 16.2. The van der Waals surface area contributed by atoms with Gasteiger partial charge in [0.25, 0.3) is 5.91 Å². The molecule has 0 aliphatic rings. The van der Waals surface area contributed by atoms with Crippen molar-refractivity contribution >= 4 is 11.6 Å². The van der Waals surface area contributed by atoms with Gasteiger partial charge in [0, 0.05) is 19.8 Å². The second-order valence-electron chi connectivity index (χ2n) is 3.91. The van der Waals surface area contributed by atoms with Gasteiger partial charge in [-0.3, -0.25) is 4.79 Å². The summed E-state index contributed by atoms with van der Waals surface area (Å²) in [6.07, 6.45) is 3.11. The number of nitriles is 1. The Morgan fingerprint density at radius 2 is 2.06 bits per heavy atom. The molecule has 90 valence electrons. The largest absolute Gasteiger partial charge is 0.330 e. The molecular weight excluding hydrogens is 228 g/mol. The predicted molar refractivity (Wildman–Crippen MR) is 67.1 cm³/mol. The number of amides is 1. The molecule has 1 amide bonds. The van der Waals surface area contributed by atoms with Crippen molar-refractivity contribution in [2.45, 2.75) is 0 Å². The molecule has 2 aromatic rings. The van der Waals surface area contributed by atoms with Gasteiger partial charge in [-0.1, -0.05) is 0 Å². The van der Waals surface area contributed by atoms with Crippen LogP contribution in [0.1, 0.15) is 16.1 Å². The molecule has 0 atom stereocenters. The van der Waals surface area contributed by atoms with Gasteiger partial charge in [0.05, 0.1) is 24.2 Å². The third-order valence-electron chi connectivity index (χ3n) is 2.72. The van der Waals surface area contributed by atoms with Crippen molar-refractivity contribution in [3.63, 3.8) is 0 Å². The van der Waals surface area contributed by atoms with Crippen molar-refractivity contribution in [1.29, 1.82) is 5.26 Å². The van der Waals surface area contributed by atoms with E-state index in [9.17, 15) is 4.79 Å². The summed E-state index contributed by atoms with van der Waals surface area (Å²) in [4.78, 5) is 17.6. The van der Waals surface area contributed by atoms with Crippen LogP contribution < -0.4 is 4.90 Å². The average Bonchev–Trinajstić information content (AvgIpc) is 2.83. The van der Waals surface area contributed by atoms with E-state index >= 15 is 0 Å². The number of hydrogen-bond acceptors (Lipinski definition) is 3.